The zero-order chi connectivity index (χ0) is 16.9. The predicted octanol–water partition coefficient (Wildman–Crippen LogP) is 2.74. The smallest absolute Gasteiger partial charge is 0.288 e. The lowest BCUT2D eigenvalue weighted by molar-refractivity contribution is -0.384. The van der Waals surface area contributed by atoms with E-state index >= 15 is 0 Å². The van der Waals surface area contributed by atoms with E-state index in [1.807, 2.05) is 0 Å². The number of amides is 2. The Balaban J connectivity index is 2.51. The Kier molecular flexibility index (Phi) is 5.87. The Labute approximate surface area is 133 Å². The highest BCUT2D eigenvalue weighted by Gasteiger charge is 2.20. The molecule has 0 aromatic heterocycles. The van der Waals surface area contributed by atoms with Crippen molar-refractivity contribution in [2.24, 2.45) is 5.41 Å². The summed E-state index contributed by atoms with van der Waals surface area (Å²) in [5, 5.41) is 15.8. The van der Waals surface area contributed by atoms with Gasteiger partial charge < -0.3 is 10.6 Å². The van der Waals surface area contributed by atoms with Gasteiger partial charge in [0.05, 0.1) is 4.92 Å². The molecule has 0 saturated heterocycles. The number of nitro benzene ring substituents is 1. The van der Waals surface area contributed by atoms with Gasteiger partial charge in [-0.05, 0) is 12.1 Å². The second-order valence-corrected chi connectivity index (χ2v) is 6.13. The summed E-state index contributed by atoms with van der Waals surface area (Å²) in [5.41, 5.74) is -0.373. The molecule has 22 heavy (non-hydrogen) atoms. The Bertz CT molecular complexity index is 596. The van der Waals surface area contributed by atoms with Crippen LogP contribution in [0.5, 0.6) is 0 Å². The molecule has 2 amide bonds. The minimum atomic E-state index is -0.601. The molecule has 1 aromatic rings. The first-order valence-corrected chi connectivity index (χ1v) is 7.01. The van der Waals surface area contributed by atoms with E-state index in [2.05, 4.69) is 10.6 Å². The van der Waals surface area contributed by atoms with Gasteiger partial charge in [-0.1, -0.05) is 32.4 Å². The molecule has 8 heteroatoms. The highest BCUT2D eigenvalue weighted by Crippen LogP contribution is 2.27. The zero-order valence-corrected chi connectivity index (χ0v) is 13.4. The number of rotatable bonds is 5. The fourth-order valence-corrected chi connectivity index (χ4v) is 1.76. The van der Waals surface area contributed by atoms with Gasteiger partial charge in [0.15, 0.2) is 0 Å². The van der Waals surface area contributed by atoms with Crippen LogP contribution in [0.3, 0.4) is 0 Å². The topological polar surface area (TPSA) is 101 Å². The fourth-order valence-electron chi connectivity index (χ4n) is 1.51. The van der Waals surface area contributed by atoms with Crippen molar-refractivity contribution in [1.29, 1.82) is 0 Å². The molecule has 0 unspecified atom stereocenters. The molecule has 7 nitrogen and oxygen atoms in total. The van der Waals surface area contributed by atoms with Gasteiger partial charge >= 0.3 is 0 Å². The first-order chi connectivity index (χ1) is 10.1. The van der Waals surface area contributed by atoms with Crippen LogP contribution in [0.4, 0.5) is 11.4 Å². The van der Waals surface area contributed by atoms with Crippen molar-refractivity contribution < 1.29 is 14.5 Å². The van der Waals surface area contributed by atoms with Crippen molar-refractivity contribution in [2.45, 2.75) is 27.2 Å². The van der Waals surface area contributed by atoms with Gasteiger partial charge in [-0.15, -0.1) is 0 Å². The Morgan fingerprint density at radius 3 is 2.45 bits per heavy atom. The van der Waals surface area contributed by atoms with Gasteiger partial charge in [0.2, 0.25) is 11.8 Å². The van der Waals surface area contributed by atoms with Crippen molar-refractivity contribution in [1.82, 2.24) is 5.32 Å². The highest BCUT2D eigenvalue weighted by molar-refractivity contribution is 6.33. The molecule has 0 atom stereocenters. The lowest BCUT2D eigenvalue weighted by atomic mass is 9.96. The fraction of sp³-hybridized carbons (Fsp3) is 0.429. The van der Waals surface area contributed by atoms with Crippen LogP contribution in [0, 0.1) is 15.5 Å². The predicted molar refractivity (Wildman–Crippen MR) is 83.8 cm³/mol. The number of hydrogen-bond donors (Lipinski definition) is 2. The van der Waals surface area contributed by atoms with Gasteiger partial charge in [0.25, 0.3) is 5.69 Å². The summed E-state index contributed by atoms with van der Waals surface area (Å²) in [6.45, 7) is 5.55. The van der Waals surface area contributed by atoms with Crippen LogP contribution in [0.2, 0.25) is 5.02 Å². The normalized spacial score (nSPS) is 10.9. The second kappa shape index (κ2) is 7.22. The van der Waals surface area contributed by atoms with Gasteiger partial charge in [0.1, 0.15) is 5.02 Å². The number of nitrogens with zero attached hydrogens (tertiary/aromatic N) is 1. The van der Waals surface area contributed by atoms with E-state index in [0.717, 1.165) is 0 Å². The Hall–Kier alpha value is -2.15. The van der Waals surface area contributed by atoms with Crippen LogP contribution in [-0.4, -0.2) is 23.3 Å². The molecule has 1 aromatic carbocycles. The largest absolute Gasteiger partial charge is 0.355 e. The third kappa shape index (κ3) is 5.33. The minimum absolute atomic E-state index is 0.0520. The lowest BCUT2D eigenvalue weighted by Gasteiger charge is -2.17. The van der Waals surface area contributed by atoms with Crippen molar-refractivity contribution >= 4 is 34.8 Å². The molecule has 0 aliphatic heterocycles. The third-order valence-corrected chi connectivity index (χ3v) is 3.05. The monoisotopic (exact) mass is 327 g/mol. The van der Waals surface area contributed by atoms with Crippen LogP contribution in [-0.2, 0) is 9.59 Å². The Morgan fingerprint density at radius 2 is 1.95 bits per heavy atom. The maximum absolute atomic E-state index is 11.7. The van der Waals surface area contributed by atoms with Crippen LogP contribution < -0.4 is 10.6 Å². The van der Waals surface area contributed by atoms with Gasteiger partial charge in [-0.25, -0.2) is 0 Å². The molecule has 0 heterocycles. The SMILES string of the molecule is CC(C)(C)C(=O)NCCC(=O)Nc1ccc([N+](=O)[O-])c(Cl)c1. The molecule has 0 saturated carbocycles. The first kappa shape index (κ1) is 17.9. The number of hydrogen-bond acceptors (Lipinski definition) is 4. The molecule has 1 rings (SSSR count). The minimum Gasteiger partial charge on any atom is -0.355 e. The summed E-state index contributed by atoms with van der Waals surface area (Å²) in [6, 6.07) is 3.93. The van der Waals surface area contributed by atoms with Crippen LogP contribution in [0.1, 0.15) is 27.2 Å². The van der Waals surface area contributed by atoms with E-state index in [1.165, 1.54) is 18.2 Å². The molecule has 0 aliphatic carbocycles. The third-order valence-electron chi connectivity index (χ3n) is 2.75. The van der Waals surface area contributed by atoms with Gasteiger partial charge in [-0.3, -0.25) is 19.7 Å². The van der Waals surface area contributed by atoms with Crippen molar-refractivity contribution in [2.75, 3.05) is 11.9 Å². The number of anilines is 1. The van der Waals surface area contributed by atoms with E-state index in [-0.39, 0.29) is 35.5 Å². The second-order valence-electron chi connectivity index (χ2n) is 5.73. The zero-order valence-electron chi connectivity index (χ0n) is 12.6. The lowest BCUT2D eigenvalue weighted by Crippen LogP contribution is -2.36. The Morgan fingerprint density at radius 1 is 1.32 bits per heavy atom. The molecule has 0 spiro atoms. The van der Waals surface area contributed by atoms with Crippen LogP contribution in [0.25, 0.3) is 0 Å². The average Bonchev–Trinajstić information content (AvgIpc) is 2.36. The molecular formula is C14H18ClN3O4. The van der Waals surface area contributed by atoms with Crippen molar-refractivity contribution in [3.8, 4) is 0 Å². The number of nitro groups is 1. The molecule has 0 radical (unpaired) electrons. The molecule has 0 bridgehead atoms. The standard InChI is InChI=1S/C14H18ClN3O4/c1-14(2,3)13(20)16-7-6-12(19)17-9-4-5-11(18(21)22)10(15)8-9/h4-5,8H,6-7H2,1-3H3,(H,16,20)(H,17,19). The van der Waals surface area contributed by atoms with Gasteiger partial charge in [0, 0.05) is 30.1 Å². The van der Waals surface area contributed by atoms with Gasteiger partial charge in [-0.2, -0.15) is 0 Å². The number of halogens is 1. The van der Waals surface area contributed by atoms with E-state index in [1.54, 1.807) is 20.8 Å². The molecular weight excluding hydrogens is 310 g/mol. The van der Waals surface area contributed by atoms with E-state index in [0.29, 0.717) is 5.69 Å². The number of benzene rings is 1. The number of nitrogens with one attached hydrogen (secondary N) is 2. The van der Waals surface area contributed by atoms with E-state index in [4.69, 9.17) is 11.6 Å². The summed E-state index contributed by atoms with van der Waals surface area (Å²) in [4.78, 5) is 33.4. The number of carbonyl (C=O) groups excluding carboxylic acids is 2. The van der Waals surface area contributed by atoms with Crippen molar-refractivity contribution in [3.05, 3.63) is 33.3 Å². The molecule has 0 fully saturated rings. The van der Waals surface area contributed by atoms with E-state index < -0.39 is 10.3 Å². The summed E-state index contributed by atoms with van der Waals surface area (Å²) in [7, 11) is 0. The summed E-state index contributed by atoms with van der Waals surface area (Å²) in [5.74, 6) is -0.460. The molecule has 0 aliphatic rings. The number of carbonyl (C=O) groups is 2. The molecule has 2 N–H and O–H groups in total. The quantitative estimate of drug-likeness (QED) is 0.641. The summed E-state index contributed by atoms with van der Waals surface area (Å²) >= 11 is 5.75. The maximum atomic E-state index is 11.7. The van der Waals surface area contributed by atoms with Crippen LogP contribution in [0.15, 0.2) is 18.2 Å². The van der Waals surface area contributed by atoms with Crippen molar-refractivity contribution in [3.63, 3.8) is 0 Å². The maximum Gasteiger partial charge on any atom is 0.288 e. The summed E-state index contributed by atoms with van der Waals surface area (Å²) < 4.78 is 0. The highest BCUT2D eigenvalue weighted by atomic mass is 35.5. The van der Waals surface area contributed by atoms with Crippen LogP contribution >= 0.6 is 11.6 Å². The van der Waals surface area contributed by atoms with E-state index in [9.17, 15) is 19.7 Å². The first-order valence-electron chi connectivity index (χ1n) is 6.63. The molecule has 120 valence electrons. The summed E-state index contributed by atoms with van der Waals surface area (Å²) in [6.07, 6.45) is 0.0937. The average molecular weight is 328 g/mol.